The van der Waals surface area contributed by atoms with Crippen LogP contribution in [0.4, 0.5) is 10.5 Å². The average Bonchev–Trinajstić information content (AvgIpc) is 2.66. The molecule has 1 aliphatic rings. The Morgan fingerprint density at radius 1 is 1.40 bits per heavy atom. The Bertz CT molecular complexity index is 544. The van der Waals surface area contributed by atoms with E-state index >= 15 is 0 Å². The van der Waals surface area contributed by atoms with Crippen LogP contribution in [0.3, 0.4) is 0 Å². The number of carbonyl (C=O) groups excluding carboxylic acids is 1. The molecule has 2 N–H and O–H groups in total. The molecular weight excluding hydrogens is 282 g/mol. The van der Waals surface area contributed by atoms with E-state index < -0.39 is 17.7 Å². The van der Waals surface area contributed by atoms with Crippen molar-refractivity contribution in [3.05, 3.63) is 15.3 Å². The number of thiophene rings is 1. The van der Waals surface area contributed by atoms with Gasteiger partial charge in [-0.05, 0) is 20.8 Å². The van der Waals surface area contributed by atoms with Crippen molar-refractivity contribution in [1.82, 2.24) is 0 Å². The molecule has 0 aromatic carbocycles. The zero-order chi connectivity index (χ0) is 14.9. The molecule has 2 rings (SSSR count). The van der Waals surface area contributed by atoms with Gasteiger partial charge in [0.2, 0.25) is 0 Å². The van der Waals surface area contributed by atoms with Crippen LogP contribution >= 0.6 is 11.3 Å². The zero-order valence-corrected chi connectivity index (χ0v) is 12.4. The number of hydrogen-bond acceptors (Lipinski definition) is 5. The van der Waals surface area contributed by atoms with E-state index in [0.717, 1.165) is 10.4 Å². The first-order valence-electron chi connectivity index (χ1n) is 6.23. The van der Waals surface area contributed by atoms with Gasteiger partial charge in [-0.2, -0.15) is 0 Å². The molecule has 6 nitrogen and oxygen atoms in total. The van der Waals surface area contributed by atoms with Crippen molar-refractivity contribution in [2.45, 2.75) is 39.4 Å². The van der Waals surface area contributed by atoms with E-state index in [0.29, 0.717) is 25.3 Å². The van der Waals surface area contributed by atoms with Gasteiger partial charge >= 0.3 is 12.1 Å². The SMILES string of the molecule is CC(C)(C)OC(=O)c1sc2c(c1NC(=O)O)COCC2. The number of fused-ring (bicyclic) bond motifs is 1. The first kappa shape index (κ1) is 14.8. The highest BCUT2D eigenvalue weighted by molar-refractivity contribution is 7.14. The van der Waals surface area contributed by atoms with Crippen LogP contribution in [0.5, 0.6) is 0 Å². The quantitative estimate of drug-likeness (QED) is 0.820. The molecule has 0 radical (unpaired) electrons. The van der Waals surface area contributed by atoms with Crippen LogP contribution < -0.4 is 5.32 Å². The number of esters is 1. The Hall–Kier alpha value is -1.60. The van der Waals surface area contributed by atoms with Crippen molar-refractivity contribution >= 4 is 29.1 Å². The summed E-state index contributed by atoms with van der Waals surface area (Å²) in [6, 6.07) is 0. The summed E-state index contributed by atoms with van der Waals surface area (Å²) >= 11 is 1.27. The Kier molecular flexibility index (Phi) is 4.01. The highest BCUT2D eigenvalue weighted by atomic mass is 32.1. The molecule has 0 spiro atoms. The third-order valence-electron chi connectivity index (χ3n) is 2.63. The second kappa shape index (κ2) is 5.41. The fourth-order valence-corrected chi connectivity index (χ4v) is 3.03. The Labute approximate surface area is 120 Å². The van der Waals surface area contributed by atoms with Crippen LogP contribution in [-0.2, 0) is 22.5 Å². The van der Waals surface area contributed by atoms with Crippen molar-refractivity contribution in [2.24, 2.45) is 0 Å². The van der Waals surface area contributed by atoms with Gasteiger partial charge in [0.15, 0.2) is 0 Å². The van der Waals surface area contributed by atoms with E-state index in [4.69, 9.17) is 14.6 Å². The molecule has 7 heteroatoms. The molecule has 0 saturated heterocycles. The molecule has 0 bridgehead atoms. The average molecular weight is 299 g/mol. The van der Waals surface area contributed by atoms with Crippen LogP contribution in [0.1, 0.15) is 40.9 Å². The third-order valence-corrected chi connectivity index (χ3v) is 3.90. The highest BCUT2D eigenvalue weighted by Crippen LogP contribution is 2.37. The number of anilines is 1. The summed E-state index contributed by atoms with van der Waals surface area (Å²) < 4.78 is 10.7. The Morgan fingerprint density at radius 2 is 2.10 bits per heavy atom. The fraction of sp³-hybridized carbons (Fsp3) is 0.538. The second-order valence-corrected chi connectivity index (χ2v) is 6.55. The molecule has 1 aromatic rings. The first-order chi connectivity index (χ1) is 9.28. The predicted molar refractivity (Wildman–Crippen MR) is 74.5 cm³/mol. The lowest BCUT2D eigenvalue weighted by molar-refractivity contribution is 0.00762. The molecule has 0 atom stereocenters. The van der Waals surface area contributed by atoms with Gasteiger partial charge in [-0.15, -0.1) is 11.3 Å². The molecule has 0 unspecified atom stereocenters. The standard InChI is InChI=1S/C13H17NO5S/c1-13(2,3)19-11(15)10-9(14-12(16)17)7-6-18-5-4-8(7)20-10/h14H,4-6H2,1-3H3,(H,16,17). The highest BCUT2D eigenvalue weighted by Gasteiger charge is 2.29. The number of ether oxygens (including phenoxy) is 2. The number of carbonyl (C=O) groups is 2. The minimum absolute atomic E-state index is 0.290. The number of rotatable bonds is 2. The molecule has 1 amide bonds. The van der Waals surface area contributed by atoms with E-state index in [9.17, 15) is 9.59 Å². The van der Waals surface area contributed by atoms with Crippen LogP contribution in [0.2, 0.25) is 0 Å². The maximum Gasteiger partial charge on any atom is 0.409 e. The minimum atomic E-state index is -1.21. The van der Waals surface area contributed by atoms with Crippen molar-refractivity contribution in [2.75, 3.05) is 11.9 Å². The van der Waals surface area contributed by atoms with E-state index in [1.165, 1.54) is 11.3 Å². The molecule has 110 valence electrons. The summed E-state index contributed by atoms with van der Waals surface area (Å²) in [4.78, 5) is 24.4. The molecule has 20 heavy (non-hydrogen) atoms. The number of hydrogen-bond donors (Lipinski definition) is 2. The number of carboxylic acid groups (broad SMARTS) is 1. The van der Waals surface area contributed by atoms with Gasteiger partial charge in [0.05, 0.1) is 18.9 Å². The van der Waals surface area contributed by atoms with E-state index in [1.807, 2.05) is 0 Å². The molecule has 2 heterocycles. The monoisotopic (exact) mass is 299 g/mol. The smallest absolute Gasteiger partial charge is 0.409 e. The van der Waals surface area contributed by atoms with Crippen LogP contribution in [-0.4, -0.2) is 29.4 Å². The van der Waals surface area contributed by atoms with Gasteiger partial charge in [-0.25, -0.2) is 9.59 Å². The maximum atomic E-state index is 12.2. The number of nitrogens with one attached hydrogen (secondary N) is 1. The van der Waals surface area contributed by atoms with Crippen molar-refractivity contribution in [1.29, 1.82) is 0 Å². The van der Waals surface area contributed by atoms with Gasteiger partial charge in [0.1, 0.15) is 10.5 Å². The summed E-state index contributed by atoms with van der Waals surface area (Å²) in [6.07, 6.45) is -0.530. The summed E-state index contributed by atoms with van der Waals surface area (Å²) in [5, 5.41) is 11.2. The Morgan fingerprint density at radius 3 is 2.70 bits per heavy atom. The normalized spacial score (nSPS) is 14.6. The zero-order valence-electron chi connectivity index (χ0n) is 11.6. The van der Waals surface area contributed by atoms with Gasteiger partial charge in [-0.3, -0.25) is 5.32 Å². The van der Waals surface area contributed by atoms with E-state index in [2.05, 4.69) is 5.32 Å². The first-order valence-corrected chi connectivity index (χ1v) is 7.05. The maximum absolute atomic E-state index is 12.2. The van der Waals surface area contributed by atoms with Gasteiger partial charge < -0.3 is 14.6 Å². The largest absolute Gasteiger partial charge is 0.465 e. The Balaban J connectivity index is 2.38. The molecular formula is C13H17NO5S. The molecule has 0 saturated carbocycles. The van der Waals surface area contributed by atoms with Gasteiger partial charge in [-0.1, -0.05) is 0 Å². The summed E-state index contributed by atoms with van der Waals surface area (Å²) in [5.74, 6) is -0.513. The molecule has 0 aliphatic carbocycles. The van der Waals surface area contributed by atoms with Gasteiger partial charge in [0, 0.05) is 16.9 Å². The van der Waals surface area contributed by atoms with E-state index in [-0.39, 0.29) is 4.88 Å². The lowest BCUT2D eigenvalue weighted by Gasteiger charge is -2.19. The molecule has 0 fully saturated rings. The van der Waals surface area contributed by atoms with Crippen LogP contribution in [0, 0.1) is 0 Å². The lowest BCUT2D eigenvalue weighted by atomic mass is 10.1. The topological polar surface area (TPSA) is 84.9 Å². The molecule has 1 aliphatic heterocycles. The van der Waals surface area contributed by atoms with Crippen LogP contribution in [0.25, 0.3) is 0 Å². The number of amides is 1. The molecule has 1 aromatic heterocycles. The second-order valence-electron chi connectivity index (χ2n) is 5.44. The summed E-state index contributed by atoms with van der Waals surface area (Å²) in [6.45, 7) is 6.20. The minimum Gasteiger partial charge on any atom is -0.465 e. The lowest BCUT2D eigenvalue weighted by Crippen LogP contribution is -2.24. The van der Waals surface area contributed by atoms with Crippen molar-refractivity contribution < 1.29 is 24.2 Å². The van der Waals surface area contributed by atoms with Crippen LogP contribution in [0.15, 0.2) is 0 Å². The third kappa shape index (κ3) is 3.29. The van der Waals surface area contributed by atoms with Gasteiger partial charge in [0.25, 0.3) is 0 Å². The predicted octanol–water partition coefficient (Wildman–Crippen LogP) is 2.87. The van der Waals surface area contributed by atoms with Crippen molar-refractivity contribution in [3.8, 4) is 0 Å². The van der Waals surface area contributed by atoms with E-state index in [1.54, 1.807) is 20.8 Å². The summed E-state index contributed by atoms with van der Waals surface area (Å²) in [5.41, 5.74) is 0.412. The fourth-order valence-electron chi connectivity index (χ4n) is 1.91. The van der Waals surface area contributed by atoms with Crippen molar-refractivity contribution in [3.63, 3.8) is 0 Å². The summed E-state index contributed by atoms with van der Waals surface area (Å²) in [7, 11) is 0.